The molecule has 2 aromatic carbocycles. The van der Waals surface area contributed by atoms with Crippen molar-refractivity contribution in [3.63, 3.8) is 0 Å². The van der Waals surface area contributed by atoms with Gasteiger partial charge in [-0.1, -0.05) is 55.6 Å². The molecule has 0 aliphatic carbocycles. The van der Waals surface area contributed by atoms with Crippen molar-refractivity contribution in [3.05, 3.63) is 62.8 Å². The van der Waals surface area contributed by atoms with Crippen LogP contribution in [0, 0.1) is 5.82 Å². The lowest BCUT2D eigenvalue weighted by atomic mass is 10.0. The molecule has 20 heavy (non-hydrogen) atoms. The smallest absolute Gasteiger partial charge is 0.141 e. The van der Waals surface area contributed by atoms with Gasteiger partial charge in [0.15, 0.2) is 0 Å². The van der Waals surface area contributed by atoms with Crippen molar-refractivity contribution in [2.45, 2.75) is 11.8 Å². The average molecular weight is 423 g/mol. The second-order valence-corrected chi connectivity index (χ2v) is 6.33. The average Bonchev–Trinajstić information content (AvgIpc) is 2.42. The SMILES string of the molecule is CCOc1ccc(C(Br)c2ccc(F)c(Cl)c2)c(Br)c1. The summed E-state index contributed by atoms with van der Waals surface area (Å²) in [5, 5.41) is 0.119. The van der Waals surface area contributed by atoms with E-state index in [1.165, 1.54) is 6.07 Å². The summed E-state index contributed by atoms with van der Waals surface area (Å²) in [5.74, 6) is 0.390. The first kappa shape index (κ1) is 15.8. The number of benzene rings is 2. The van der Waals surface area contributed by atoms with Gasteiger partial charge in [-0.15, -0.1) is 0 Å². The van der Waals surface area contributed by atoms with Crippen LogP contribution in [0.15, 0.2) is 40.9 Å². The number of alkyl halides is 1. The van der Waals surface area contributed by atoms with E-state index in [4.69, 9.17) is 16.3 Å². The molecule has 1 atom stereocenters. The predicted molar refractivity (Wildman–Crippen MR) is 87.5 cm³/mol. The first-order valence-electron chi connectivity index (χ1n) is 6.04. The second kappa shape index (κ2) is 6.92. The largest absolute Gasteiger partial charge is 0.494 e. The molecule has 0 heterocycles. The summed E-state index contributed by atoms with van der Waals surface area (Å²) in [6.45, 7) is 2.56. The number of rotatable bonds is 4. The van der Waals surface area contributed by atoms with Crippen LogP contribution in [0.1, 0.15) is 22.9 Å². The van der Waals surface area contributed by atoms with Crippen molar-refractivity contribution >= 4 is 43.5 Å². The van der Waals surface area contributed by atoms with Crippen LogP contribution in [0.3, 0.4) is 0 Å². The molecule has 0 aliphatic rings. The molecule has 0 aliphatic heterocycles. The zero-order chi connectivity index (χ0) is 14.7. The molecule has 0 saturated heterocycles. The van der Waals surface area contributed by atoms with Gasteiger partial charge < -0.3 is 4.74 Å². The summed E-state index contributed by atoms with van der Waals surface area (Å²) in [6, 6.07) is 10.5. The third kappa shape index (κ3) is 3.54. The van der Waals surface area contributed by atoms with Gasteiger partial charge in [0.1, 0.15) is 11.6 Å². The van der Waals surface area contributed by atoms with Gasteiger partial charge >= 0.3 is 0 Å². The summed E-state index contributed by atoms with van der Waals surface area (Å²) < 4.78 is 19.6. The summed E-state index contributed by atoms with van der Waals surface area (Å²) in [4.78, 5) is -0.0781. The fourth-order valence-electron chi connectivity index (χ4n) is 1.82. The van der Waals surface area contributed by atoms with Crippen molar-refractivity contribution in [1.29, 1.82) is 0 Å². The van der Waals surface area contributed by atoms with E-state index in [-0.39, 0.29) is 9.85 Å². The highest BCUT2D eigenvalue weighted by atomic mass is 79.9. The normalized spacial score (nSPS) is 12.2. The van der Waals surface area contributed by atoms with Crippen molar-refractivity contribution in [2.24, 2.45) is 0 Å². The Morgan fingerprint density at radius 1 is 1.25 bits per heavy atom. The molecule has 5 heteroatoms. The van der Waals surface area contributed by atoms with Crippen LogP contribution in [0.4, 0.5) is 4.39 Å². The minimum atomic E-state index is -0.416. The first-order chi connectivity index (χ1) is 9.52. The Bertz CT molecular complexity index is 619. The van der Waals surface area contributed by atoms with Crippen molar-refractivity contribution in [1.82, 2.24) is 0 Å². The highest BCUT2D eigenvalue weighted by molar-refractivity contribution is 9.11. The Kier molecular flexibility index (Phi) is 5.47. The van der Waals surface area contributed by atoms with Crippen LogP contribution in [0.2, 0.25) is 5.02 Å². The van der Waals surface area contributed by atoms with Crippen molar-refractivity contribution in [3.8, 4) is 5.75 Å². The van der Waals surface area contributed by atoms with Crippen LogP contribution in [0.5, 0.6) is 5.75 Å². The lowest BCUT2D eigenvalue weighted by Gasteiger charge is -2.14. The molecule has 0 radical (unpaired) electrons. The molecule has 1 unspecified atom stereocenters. The molecule has 0 spiro atoms. The maximum atomic E-state index is 13.2. The van der Waals surface area contributed by atoms with Gasteiger partial charge in [-0.05, 0) is 42.3 Å². The molecule has 1 nitrogen and oxygen atoms in total. The monoisotopic (exact) mass is 420 g/mol. The lowest BCUT2D eigenvalue weighted by Crippen LogP contribution is -1.97. The van der Waals surface area contributed by atoms with Crippen LogP contribution in [-0.4, -0.2) is 6.61 Å². The fraction of sp³-hybridized carbons (Fsp3) is 0.200. The lowest BCUT2D eigenvalue weighted by molar-refractivity contribution is 0.340. The number of hydrogen-bond donors (Lipinski definition) is 0. The Hall–Kier alpha value is -0.580. The van der Waals surface area contributed by atoms with Gasteiger partial charge in [-0.2, -0.15) is 0 Å². The molecule has 0 fully saturated rings. The van der Waals surface area contributed by atoms with E-state index >= 15 is 0 Å². The van der Waals surface area contributed by atoms with Gasteiger partial charge in [0.05, 0.1) is 16.5 Å². The molecule has 0 saturated carbocycles. The van der Waals surface area contributed by atoms with E-state index in [9.17, 15) is 4.39 Å². The summed E-state index contributed by atoms with van der Waals surface area (Å²) in [5.41, 5.74) is 1.91. The summed E-state index contributed by atoms with van der Waals surface area (Å²) in [7, 11) is 0. The van der Waals surface area contributed by atoms with Gasteiger partial charge in [0.2, 0.25) is 0 Å². The van der Waals surface area contributed by atoms with E-state index < -0.39 is 5.82 Å². The molecule has 2 aromatic rings. The highest BCUT2D eigenvalue weighted by Gasteiger charge is 2.15. The third-order valence-corrected chi connectivity index (χ3v) is 4.79. The third-order valence-electron chi connectivity index (χ3n) is 2.79. The van der Waals surface area contributed by atoms with E-state index in [0.717, 1.165) is 21.3 Å². The topological polar surface area (TPSA) is 9.23 Å². The van der Waals surface area contributed by atoms with Gasteiger partial charge in [-0.25, -0.2) is 4.39 Å². The van der Waals surface area contributed by atoms with Gasteiger partial charge in [0.25, 0.3) is 0 Å². The first-order valence-corrected chi connectivity index (χ1v) is 8.13. The van der Waals surface area contributed by atoms with Crippen LogP contribution in [0.25, 0.3) is 0 Å². The maximum absolute atomic E-state index is 13.2. The van der Waals surface area contributed by atoms with Gasteiger partial charge in [0, 0.05) is 4.47 Å². The minimum absolute atomic E-state index is 0.0781. The van der Waals surface area contributed by atoms with Crippen LogP contribution < -0.4 is 4.74 Å². The predicted octanol–water partition coefficient (Wildman–Crippen LogP) is 6.12. The minimum Gasteiger partial charge on any atom is -0.494 e. The number of halogens is 4. The standard InChI is InChI=1S/C15H12Br2ClFO/c1-2-20-10-4-5-11(12(16)8-10)15(17)9-3-6-14(19)13(18)7-9/h3-8,15H,2H2,1H3. The van der Waals surface area contributed by atoms with Crippen molar-refractivity contribution < 1.29 is 9.13 Å². The zero-order valence-corrected chi connectivity index (χ0v) is 14.6. The Morgan fingerprint density at radius 2 is 2.00 bits per heavy atom. The van der Waals surface area contributed by atoms with E-state index in [2.05, 4.69) is 31.9 Å². The Morgan fingerprint density at radius 3 is 2.60 bits per heavy atom. The zero-order valence-electron chi connectivity index (χ0n) is 10.7. The molecule has 106 valence electrons. The summed E-state index contributed by atoms with van der Waals surface area (Å²) >= 11 is 13.0. The van der Waals surface area contributed by atoms with Crippen LogP contribution >= 0.6 is 43.5 Å². The number of hydrogen-bond acceptors (Lipinski definition) is 1. The molecular formula is C15H12Br2ClFO. The van der Waals surface area contributed by atoms with Crippen LogP contribution in [-0.2, 0) is 0 Å². The molecule has 0 aromatic heterocycles. The highest BCUT2D eigenvalue weighted by Crippen LogP contribution is 2.38. The van der Waals surface area contributed by atoms with E-state index in [1.807, 2.05) is 25.1 Å². The Labute approximate surface area is 139 Å². The quantitative estimate of drug-likeness (QED) is 0.539. The number of ether oxygens (including phenoxy) is 1. The van der Waals surface area contributed by atoms with Gasteiger partial charge in [-0.3, -0.25) is 0 Å². The molecule has 0 bridgehead atoms. The van der Waals surface area contributed by atoms with Crippen molar-refractivity contribution in [2.75, 3.05) is 6.61 Å². The maximum Gasteiger partial charge on any atom is 0.141 e. The van der Waals surface area contributed by atoms with E-state index in [1.54, 1.807) is 12.1 Å². The molecule has 2 rings (SSSR count). The Balaban J connectivity index is 2.32. The molecule has 0 N–H and O–H groups in total. The second-order valence-electron chi connectivity index (χ2n) is 4.15. The van der Waals surface area contributed by atoms with E-state index in [0.29, 0.717) is 6.61 Å². The molecular weight excluding hydrogens is 410 g/mol. The summed E-state index contributed by atoms with van der Waals surface area (Å²) in [6.07, 6.45) is 0. The molecule has 0 amide bonds. The fourth-order valence-corrected chi connectivity index (χ4v) is 3.59.